The number of rotatable bonds is 4. The molecule has 1 fully saturated rings. The first-order chi connectivity index (χ1) is 12.7. The van der Waals surface area contributed by atoms with Crippen LogP contribution in [0.2, 0.25) is 0 Å². The summed E-state index contributed by atoms with van der Waals surface area (Å²) in [5.74, 6) is 1.77. The number of hydrogen-bond acceptors (Lipinski definition) is 4. The number of nitrogens with zero attached hydrogens (tertiary/aromatic N) is 3. The van der Waals surface area contributed by atoms with Crippen molar-refractivity contribution in [3.63, 3.8) is 0 Å². The molecule has 2 aliphatic rings. The van der Waals surface area contributed by atoms with Crippen molar-refractivity contribution in [2.45, 2.75) is 25.3 Å². The Morgan fingerprint density at radius 2 is 1.96 bits per heavy atom. The Labute approximate surface area is 160 Å². The molecule has 1 atom stereocenters. The molecule has 26 heavy (non-hydrogen) atoms. The summed E-state index contributed by atoms with van der Waals surface area (Å²) < 4.78 is 0. The van der Waals surface area contributed by atoms with Crippen molar-refractivity contribution >= 4 is 28.4 Å². The zero-order chi connectivity index (χ0) is 17.9. The Balaban J connectivity index is 1.65. The lowest BCUT2D eigenvalue weighted by Crippen LogP contribution is -2.46. The highest BCUT2D eigenvalue weighted by atomic mass is 32.2. The monoisotopic (exact) mass is 365 g/mol. The smallest absolute Gasteiger partial charge is 0.137 e. The van der Waals surface area contributed by atoms with Crippen LogP contribution in [0.1, 0.15) is 20.3 Å². The van der Waals surface area contributed by atoms with Crippen LogP contribution >= 0.6 is 11.8 Å². The van der Waals surface area contributed by atoms with E-state index in [-0.39, 0.29) is 0 Å². The molecule has 1 saturated heterocycles. The van der Waals surface area contributed by atoms with Crippen molar-refractivity contribution in [1.82, 2.24) is 9.88 Å². The van der Waals surface area contributed by atoms with Crippen LogP contribution in [0, 0.1) is 5.92 Å². The summed E-state index contributed by atoms with van der Waals surface area (Å²) in [7, 11) is 0. The number of pyridine rings is 1. The van der Waals surface area contributed by atoms with Crippen LogP contribution in [0.5, 0.6) is 0 Å². The van der Waals surface area contributed by atoms with Crippen LogP contribution in [0.15, 0.2) is 58.5 Å². The van der Waals surface area contributed by atoms with E-state index < -0.39 is 0 Å². The van der Waals surface area contributed by atoms with Crippen molar-refractivity contribution in [1.29, 1.82) is 0 Å². The van der Waals surface area contributed by atoms with Crippen LogP contribution in [0.25, 0.3) is 10.8 Å². The third-order valence-electron chi connectivity index (χ3n) is 5.30. The molecule has 0 saturated carbocycles. The number of benzene rings is 1. The fraction of sp³-hybridized carbons (Fsp3) is 0.409. The van der Waals surface area contributed by atoms with Gasteiger partial charge in [-0.25, -0.2) is 4.98 Å². The van der Waals surface area contributed by atoms with Gasteiger partial charge in [-0.15, -0.1) is 0 Å². The van der Waals surface area contributed by atoms with Gasteiger partial charge >= 0.3 is 0 Å². The number of anilines is 1. The second kappa shape index (κ2) is 7.85. The molecule has 0 N–H and O–H groups in total. The van der Waals surface area contributed by atoms with Crippen LogP contribution in [-0.4, -0.2) is 42.6 Å². The van der Waals surface area contributed by atoms with E-state index in [2.05, 4.69) is 72.2 Å². The average Bonchev–Trinajstić information content (AvgIpc) is 2.67. The minimum Gasteiger partial charge on any atom is -0.353 e. The third-order valence-corrected chi connectivity index (χ3v) is 6.28. The van der Waals surface area contributed by atoms with Gasteiger partial charge in [0.15, 0.2) is 0 Å². The van der Waals surface area contributed by atoms with Gasteiger partial charge in [0.25, 0.3) is 0 Å². The van der Waals surface area contributed by atoms with Gasteiger partial charge in [0, 0.05) is 31.6 Å². The number of hydrogen-bond donors (Lipinski definition) is 0. The molecule has 136 valence electrons. The Morgan fingerprint density at radius 1 is 1.15 bits per heavy atom. The summed E-state index contributed by atoms with van der Waals surface area (Å²) in [6, 6.07) is 10.9. The standard InChI is InChI=1S/C22H27N3S/c1-3-24-11-13-25(14-12-24)22-20-10-5-4-8-18(20)16-21(23-22)26-19-9-6-7-17(2)15-19/h4-10,16-17H,3,11-15H2,1-2H3. The van der Waals surface area contributed by atoms with E-state index in [0.717, 1.165) is 50.0 Å². The molecular formula is C22H27N3S. The van der Waals surface area contributed by atoms with E-state index in [1.54, 1.807) is 0 Å². The van der Waals surface area contributed by atoms with Gasteiger partial charge < -0.3 is 9.80 Å². The summed E-state index contributed by atoms with van der Waals surface area (Å²) in [5, 5.41) is 3.68. The molecule has 2 aromatic rings. The number of thioether (sulfide) groups is 1. The summed E-state index contributed by atoms with van der Waals surface area (Å²) >= 11 is 1.83. The molecule has 0 bridgehead atoms. The Morgan fingerprint density at radius 3 is 2.73 bits per heavy atom. The minimum atomic E-state index is 0.615. The topological polar surface area (TPSA) is 19.4 Å². The van der Waals surface area contributed by atoms with Crippen molar-refractivity contribution in [3.8, 4) is 0 Å². The SMILES string of the molecule is CCN1CCN(c2nc(SC3=CC=CC(C)C3)cc3ccccc23)CC1. The fourth-order valence-electron chi connectivity index (χ4n) is 3.74. The molecule has 1 unspecified atom stereocenters. The maximum atomic E-state index is 5.10. The summed E-state index contributed by atoms with van der Waals surface area (Å²) in [4.78, 5) is 11.5. The predicted octanol–water partition coefficient (Wildman–Crippen LogP) is 4.95. The first kappa shape index (κ1) is 17.6. The van der Waals surface area contributed by atoms with E-state index in [1.807, 2.05) is 11.8 Å². The van der Waals surface area contributed by atoms with E-state index in [0.29, 0.717) is 5.92 Å². The zero-order valence-electron chi connectivity index (χ0n) is 15.7. The quantitative estimate of drug-likeness (QED) is 0.763. The highest BCUT2D eigenvalue weighted by molar-refractivity contribution is 8.03. The molecular weight excluding hydrogens is 338 g/mol. The molecule has 0 spiro atoms. The van der Waals surface area contributed by atoms with Crippen LogP contribution in [-0.2, 0) is 0 Å². The molecule has 1 aliphatic carbocycles. The summed E-state index contributed by atoms with van der Waals surface area (Å²) in [6.07, 6.45) is 7.81. The molecule has 0 amide bonds. The number of fused-ring (bicyclic) bond motifs is 1. The highest BCUT2D eigenvalue weighted by Crippen LogP contribution is 2.36. The molecule has 0 radical (unpaired) electrons. The van der Waals surface area contributed by atoms with Gasteiger partial charge in [-0.2, -0.15) is 0 Å². The van der Waals surface area contributed by atoms with Gasteiger partial charge in [-0.1, -0.05) is 68.1 Å². The highest BCUT2D eigenvalue weighted by Gasteiger charge is 2.20. The molecule has 1 aliphatic heterocycles. The summed E-state index contributed by atoms with van der Waals surface area (Å²) in [6.45, 7) is 10.0. The van der Waals surface area contributed by atoms with Crippen molar-refractivity contribution in [3.05, 3.63) is 53.5 Å². The number of aromatic nitrogens is 1. The molecule has 1 aromatic heterocycles. The molecule has 4 heteroatoms. The minimum absolute atomic E-state index is 0.615. The second-order valence-corrected chi connectivity index (χ2v) is 8.37. The van der Waals surface area contributed by atoms with Crippen molar-refractivity contribution in [2.24, 2.45) is 5.92 Å². The lowest BCUT2D eigenvalue weighted by molar-refractivity contribution is 0.270. The van der Waals surface area contributed by atoms with Crippen LogP contribution in [0.4, 0.5) is 5.82 Å². The van der Waals surface area contributed by atoms with E-state index in [9.17, 15) is 0 Å². The predicted molar refractivity (Wildman–Crippen MR) is 113 cm³/mol. The molecule has 3 nitrogen and oxygen atoms in total. The Kier molecular flexibility index (Phi) is 5.32. The zero-order valence-corrected chi connectivity index (χ0v) is 16.5. The maximum Gasteiger partial charge on any atom is 0.137 e. The van der Waals surface area contributed by atoms with Gasteiger partial charge in [-0.3, -0.25) is 0 Å². The van der Waals surface area contributed by atoms with Crippen molar-refractivity contribution in [2.75, 3.05) is 37.6 Å². The third kappa shape index (κ3) is 3.81. The van der Waals surface area contributed by atoms with Gasteiger partial charge in [-0.05, 0) is 35.2 Å². The normalized spacial score (nSPS) is 21.2. The number of piperazine rings is 1. The largest absolute Gasteiger partial charge is 0.353 e. The van der Waals surface area contributed by atoms with Gasteiger partial charge in [0.05, 0.1) is 0 Å². The number of allylic oxidation sites excluding steroid dienone is 4. The first-order valence-electron chi connectivity index (χ1n) is 9.65. The molecule has 2 heterocycles. The van der Waals surface area contributed by atoms with Gasteiger partial charge in [0.2, 0.25) is 0 Å². The maximum absolute atomic E-state index is 5.10. The van der Waals surface area contributed by atoms with E-state index in [1.165, 1.54) is 15.7 Å². The van der Waals surface area contributed by atoms with Crippen molar-refractivity contribution < 1.29 is 0 Å². The molecule has 1 aromatic carbocycles. The molecule has 4 rings (SSSR count). The van der Waals surface area contributed by atoms with Crippen LogP contribution < -0.4 is 4.90 Å². The van der Waals surface area contributed by atoms with Crippen LogP contribution in [0.3, 0.4) is 0 Å². The van der Waals surface area contributed by atoms with E-state index in [4.69, 9.17) is 4.98 Å². The second-order valence-electron chi connectivity index (χ2n) is 7.23. The summed E-state index contributed by atoms with van der Waals surface area (Å²) in [5.41, 5.74) is 0. The lowest BCUT2D eigenvalue weighted by atomic mass is 10.0. The lowest BCUT2D eigenvalue weighted by Gasteiger charge is -2.35. The fourth-order valence-corrected chi connectivity index (χ4v) is 4.82. The van der Waals surface area contributed by atoms with Gasteiger partial charge in [0.1, 0.15) is 10.8 Å². The number of likely N-dealkylation sites (N-methyl/N-ethyl adjacent to an activating group) is 1. The average molecular weight is 366 g/mol. The Hall–Kier alpha value is -1.78. The Bertz CT molecular complexity index is 834. The van der Waals surface area contributed by atoms with E-state index >= 15 is 0 Å². The first-order valence-corrected chi connectivity index (χ1v) is 10.5.